The summed E-state index contributed by atoms with van der Waals surface area (Å²) in [5.41, 5.74) is 5.20. The average molecular weight is 422 g/mol. The van der Waals surface area contributed by atoms with Gasteiger partial charge in [0, 0.05) is 13.2 Å². The molecular weight excluding hydrogens is 388 g/mol. The molecule has 0 aliphatic rings. The molecule has 0 heterocycles. The number of nitrogens with one attached hydrogen (secondary N) is 1. The summed E-state index contributed by atoms with van der Waals surface area (Å²) < 4.78 is 25.6. The van der Waals surface area contributed by atoms with Gasteiger partial charge < -0.3 is 39.8 Å². The van der Waals surface area contributed by atoms with Crippen molar-refractivity contribution in [2.45, 2.75) is 38.8 Å². The van der Waals surface area contributed by atoms with E-state index in [-0.39, 0.29) is 52.0 Å². The van der Waals surface area contributed by atoms with Crippen molar-refractivity contribution < 1.29 is 43.2 Å². The molecular formula is C18H34N2O9. The third-order valence-electron chi connectivity index (χ3n) is 3.12. The highest BCUT2D eigenvalue weighted by Crippen LogP contribution is 2.06. The van der Waals surface area contributed by atoms with Crippen molar-refractivity contribution in [3.05, 3.63) is 0 Å². The van der Waals surface area contributed by atoms with Gasteiger partial charge in [-0.25, -0.2) is 9.59 Å². The summed E-state index contributed by atoms with van der Waals surface area (Å²) >= 11 is 0. The van der Waals surface area contributed by atoms with E-state index in [9.17, 15) is 14.4 Å². The summed E-state index contributed by atoms with van der Waals surface area (Å²) in [6, 6.07) is -0.700. The number of Topliss-reactive ketones (excluding diaryl/α,β-unsaturated/α-hetero) is 1. The van der Waals surface area contributed by atoms with Gasteiger partial charge in [-0.05, 0) is 27.2 Å². The number of hydrogen-bond acceptors (Lipinski definition) is 9. The van der Waals surface area contributed by atoms with E-state index in [1.54, 1.807) is 20.8 Å². The lowest BCUT2D eigenvalue weighted by Gasteiger charge is -2.19. The average Bonchev–Trinajstić information content (AvgIpc) is 2.60. The third kappa shape index (κ3) is 19.3. The molecule has 0 saturated carbocycles. The number of aliphatic carboxylic acids is 1. The summed E-state index contributed by atoms with van der Waals surface area (Å²) in [5.74, 6) is -1.29. The van der Waals surface area contributed by atoms with E-state index < -0.39 is 23.7 Å². The molecule has 0 radical (unpaired) electrons. The van der Waals surface area contributed by atoms with Crippen molar-refractivity contribution in [3.63, 3.8) is 0 Å². The van der Waals surface area contributed by atoms with Gasteiger partial charge in [-0.3, -0.25) is 4.79 Å². The summed E-state index contributed by atoms with van der Waals surface area (Å²) in [7, 11) is 0. The number of ether oxygens (including phenoxy) is 5. The number of rotatable bonds is 17. The van der Waals surface area contributed by atoms with E-state index in [1.165, 1.54) is 0 Å². The molecule has 0 spiro atoms. The van der Waals surface area contributed by atoms with Crippen LogP contribution in [-0.4, -0.2) is 94.0 Å². The summed E-state index contributed by atoms with van der Waals surface area (Å²) in [6.45, 7) is 6.59. The van der Waals surface area contributed by atoms with Crippen LogP contribution in [0.4, 0.5) is 4.79 Å². The van der Waals surface area contributed by atoms with Gasteiger partial charge >= 0.3 is 12.1 Å². The fourth-order valence-corrected chi connectivity index (χ4v) is 1.79. The first kappa shape index (κ1) is 27.2. The Hall–Kier alpha value is -1.79. The van der Waals surface area contributed by atoms with Gasteiger partial charge in [0.05, 0.1) is 39.1 Å². The van der Waals surface area contributed by atoms with E-state index >= 15 is 0 Å². The van der Waals surface area contributed by atoms with Crippen molar-refractivity contribution in [2.24, 2.45) is 5.73 Å². The van der Waals surface area contributed by atoms with Crippen molar-refractivity contribution in [2.75, 3.05) is 59.4 Å². The second-order valence-electron chi connectivity index (χ2n) is 7.01. The molecule has 0 aromatic carbocycles. The molecule has 0 fully saturated rings. The van der Waals surface area contributed by atoms with Gasteiger partial charge in [-0.2, -0.15) is 0 Å². The molecule has 11 nitrogen and oxygen atoms in total. The predicted molar refractivity (Wildman–Crippen MR) is 103 cm³/mol. The maximum Gasteiger partial charge on any atom is 0.407 e. The first-order chi connectivity index (χ1) is 13.6. The van der Waals surface area contributed by atoms with Crippen molar-refractivity contribution in [1.29, 1.82) is 0 Å². The predicted octanol–water partition coefficient (Wildman–Crippen LogP) is -0.0514. The van der Waals surface area contributed by atoms with Crippen LogP contribution in [0.3, 0.4) is 0 Å². The fourth-order valence-electron chi connectivity index (χ4n) is 1.79. The lowest BCUT2D eigenvalue weighted by Crippen LogP contribution is -2.35. The molecule has 0 aromatic heterocycles. The molecule has 170 valence electrons. The van der Waals surface area contributed by atoms with Gasteiger partial charge in [0.25, 0.3) is 0 Å². The van der Waals surface area contributed by atoms with Crippen molar-refractivity contribution in [3.8, 4) is 0 Å². The standard InChI is InChI=1S/C18H34N2O9/c1-18(2,3)29-17(24)20-5-7-26-9-10-27-12-15(21)14(19)4-6-25-8-11-28-13-16(22)23/h14H,4-13,19H2,1-3H3,(H,20,24)(H,22,23). The number of carbonyl (C=O) groups is 3. The maximum atomic E-state index is 11.8. The SMILES string of the molecule is CC(C)(C)OC(=O)NCCOCCOCC(=O)C(N)CCOCCOCC(=O)O. The quantitative estimate of drug-likeness (QED) is 0.272. The molecule has 1 atom stereocenters. The van der Waals surface area contributed by atoms with Crippen LogP contribution in [0, 0.1) is 0 Å². The third-order valence-corrected chi connectivity index (χ3v) is 3.12. The zero-order valence-electron chi connectivity index (χ0n) is 17.4. The Kier molecular flexibility index (Phi) is 15.1. The minimum absolute atomic E-state index is 0.123. The van der Waals surface area contributed by atoms with E-state index in [0.717, 1.165) is 0 Å². The zero-order valence-corrected chi connectivity index (χ0v) is 17.4. The Morgan fingerprint density at radius 2 is 1.45 bits per heavy atom. The molecule has 4 N–H and O–H groups in total. The van der Waals surface area contributed by atoms with Gasteiger partial charge in [0.1, 0.15) is 18.8 Å². The molecule has 0 bridgehead atoms. The van der Waals surface area contributed by atoms with Crippen LogP contribution in [0.1, 0.15) is 27.2 Å². The minimum atomic E-state index is -1.04. The lowest BCUT2D eigenvalue weighted by molar-refractivity contribution is -0.142. The van der Waals surface area contributed by atoms with E-state index in [0.29, 0.717) is 19.6 Å². The van der Waals surface area contributed by atoms with Crippen LogP contribution >= 0.6 is 0 Å². The lowest BCUT2D eigenvalue weighted by atomic mass is 10.1. The number of alkyl carbamates (subject to hydrolysis) is 1. The number of carboxylic acids is 1. The minimum Gasteiger partial charge on any atom is -0.480 e. The number of ketones is 1. The highest BCUT2D eigenvalue weighted by Gasteiger charge is 2.15. The summed E-state index contributed by atoms with van der Waals surface area (Å²) in [5, 5.41) is 10.9. The van der Waals surface area contributed by atoms with Crippen molar-refractivity contribution >= 4 is 17.8 Å². The molecule has 0 saturated heterocycles. The normalized spacial score (nSPS) is 12.4. The number of hydrogen-bond donors (Lipinski definition) is 3. The number of carbonyl (C=O) groups excluding carboxylic acids is 2. The molecule has 0 aliphatic carbocycles. The van der Waals surface area contributed by atoms with Crippen LogP contribution < -0.4 is 11.1 Å². The monoisotopic (exact) mass is 422 g/mol. The van der Waals surface area contributed by atoms with E-state index in [1.807, 2.05) is 0 Å². The molecule has 0 aliphatic heterocycles. The Morgan fingerprint density at radius 3 is 2.03 bits per heavy atom. The largest absolute Gasteiger partial charge is 0.480 e. The molecule has 29 heavy (non-hydrogen) atoms. The van der Waals surface area contributed by atoms with Crippen LogP contribution in [0.25, 0.3) is 0 Å². The van der Waals surface area contributed by atoms with Gasteiger partial charge in [0.15, 0.2) is 5.78 Å². The summed E-state index contributed by atoms with van der Waals surface area (Å²) in [4.78, 5) is 33.4. The van der Waals surface area contributed by atoms with Gasteiger partial charge in [-0.1, -0.05) is 0 Å². The smallest absolute Gasteiger partial charge is 0.407 e. The van der Waals surface area contributed by atoms with E-state index in [2.05, 4.69) is 5.32 Å². The highest BCUT2D eigenvalue weighted by molar-refractivity contribution is 5.84. The Morgan fingerprint density at radius 1 is 0.897 bits per heavy atom. The molecule has 0 rings (SSSR count). The molecule has 11 heteroatoms. The number of carboxylic acid groups (broad SMARTS) is 1. The topological polar surface area (TPSA) is 156 Å². The molecule has 1 amide bonds. The van der Waals surface area contributed by atoms with Crippen molar-refractivity contribution in [1.82, 2.24) is 5.32 Å². The van der Waals surface area contributed by atoms with Crippen LogP contribution in [0.5, 0.6) is 0 Å². The second kappa shape index (κ2) is 16.1. The second-order valence-corrected chi connectivity index (χ2v) is 7.01. The van der Waals surface area contributed by atoms with Crippen LogP contribution in [0.2, 0.25) is 0 Å². The Labute approximate surface area is 171 Å². The number of nitrogens with two attached hydrogens (primary N) is 1. The molecule has 0 aromatic rings. The zero-order chi connectivity index (χ0) is 22.1. The Bertz CT molecular complexity index is 480. The fraction of sp³-hybridized carbons (Fsp3) is 0.833. The maximum absolute atomic E-state index is 11.8. The first-order valence-electron chi connectivity index (χ1n) is 9.39. The number of amides is 1. The van der Waals surface area contributed by atoms with Crippen LogP contribution in [-0.2, 0) is 33.3 Å². The first-order valence-corrected chi connectivity index (χ1v) is 9.39. The Balaban J connectivity index is 3.50. The van der Waals surface area contributed by atoms with Gasteiger partial charge in [-0.15, -0.1) is 0 Å². The highest BCUT2D eigenvalue weighted by atomic mass is 16.6. The summed E-state index contributed by atoms with van der Waals surface area (Å²) in [6.07, 6.45) is -0.178. The van der Waals surface area contributed by atoms with Crippen LogP contribution in [0.15, 0.2) is 0 Å². The van der Waals surface area contributed by atoms with Gasteiger partial charge in [0.2, 0.25) is 0 Å². The van der Waals surface area contributed by atoms with E-state index in [4.69, 9.17) is 34.5 Å². The molecule has 1 unspecified atom stereocenters.